The van der Waals surface area contributed by atoms with Crippen molar-refractivity contribution in [3.05, 3.63) is 0 Å². The normalized spacial score (nSPS) is 29.3. The molecule has 18 heavy (non-hydrogen) atoms. The molecule has 4 heteroatoms. The Kier molecular flexibility index (Phi) is 4.28. The highest BCUT2D eigenvalue weighted by Crippen LogP contribution is 2.27. The zero-order valence-electron chi connectivity index (χ0n) is 11.8. The number of amides is 1. The van der Waals surface area contributed by atoms with Crippen LogP contribution in [-0.4, -0.2) is 54.5 Å². The van der Waals surface area contributed by atoms with Gasteiger partial charge >= 0.3 is 0 Å². The lowest BCUT2D eigenvalue weighted by Crippen LogP contribution is -2.54. The highest BCUT2D eigenvalue weighted by atomic mass is 16.2. The monoisotopic (exact) mass is 253 g/mol. The van der Waals surface area contributed by atoms with E-state index in [0.717, 1.165) is 32.6 Å². The lowest BCUT2D eigenvalue weighted by molar-refractivity contribution is -0.134. The molecule has 2 fully saturated rings. The smallest absolute Gasteiger partial charge is 0.236 e. The summed E-state index contributed by atoms with van der Waals surface area (Å²) in [5.41, 5.74) is 6.25. The fraction of sp³-hybridized carbons (Fsp3) is 0.929. The fourth-order valence-electron chi connectivity index (χ4n) is 3.05. The van der Waals surface area contributed by atoms with Crippen molar-refractivity contribution in [2.75, 3.05) is 32.7 Å². The van der Waals surface area contributed by atoms with Gasteiger partial charge in [-0.05, 0) is 31.1 Å². The Morgan fingerprint density at radius 1 is 1.22 bits per heavy atom. The molecule has 0 radical (unpaired) electrons. The van der Waals surface area contributed by atoms with E-state index in [0.29, 0.717) is 12.5 Å². The van der Waals surface area contributed by atoms with Crippen LogP contribution >= 0.6 is 0 Å². The van der Waals surface area contributed by atoms with Crippen molar-refractivity contribution in [2.24, 2.45) is 11.1 Å². The lowest BCUT2D eigenvalue weighted by Gasteiger charge is -2.43. The first-order valence-corrected chi connectivity index (χ1v) is 7.25. The molecule has 4 nitrogen and oxygen atoms in total. The van der Waals surface area contributed by atoms with Gasteiger partial charge in [-0.2, -0.15) is 0 Å². The molecule has 0 spiro atoms. The third-order valence-corrected chi connectivity index (χ3v) is 4.46. The topological polar surface area (TPSA) is 49.6 Å². The SMILES string of the molecule is CC1(C)CN(CC(=O)N2CCCCC2)CCC1N. The van der Waals surface area contributed by atoms with Gasteiger partial charge in [-0.1, -0.05) is 13.8 Å². The zero-order valence-corrected chi connectivity index (χ0v) is 11.8. The molecular formula is C14H27N3O. The molecule has 1 atom stereocenters. The summed E-state index contributed by atoms with van der Waals surface area (Å²) in [5, 5.41) is 0. The summed E-state index contributed by atoms with van der Waals surface area (Å²) in [5.74, 6) is 0.306. The van der Waals surface area contributed by atoms with Crippen LogP contribution in [0.15, 0.2) is 0 Å². The van der Waals surface area contributed by atoms with Gasteiger partial charge in [0.1, 0.15) is 0 Å². The number of carbonyl (C=O) groups excluding carboxylic acids is 1. The van der Waals surface area contributed by atoms with E-state index in [-0.39, 0.29) is 11.5 Å². The van der Waals surface area contributed by atoms with Gasteiger partial charge < -0.3 is 10.6 Å². The van der Waals surface area contributed by atoms with Gasteiger partial charge in [0.25, 0.3) is 0 Å². The second kappa shape index (κ2) is 5.57. The first kappa shape index (κ1) is 13.8. The molecule has 0 aromatic carbocycles. The summed E-state index contributed by atoms with van der Waals surface area (Å²) in [6.45, 7) is 8.80. The van der Waals surface area contributed by atoms with Crippen LogP contribution in [-0.2, 0) is 4.79 Å². The van der Waals surface area contributed by atoms with E-state index >= 15 is 0 Å². The van der Waals surface area contributed by atoms with Crippen LogP contribution in [0.2, 0.25) is 0 Å². The maximum absolute atomic E-state index is 12.2. The minimum absolute atomic E-state index is 0.125. The number of hydrogen-bond acceptors (Lipinski definition) is 3. The van der Waals surface area contributed by atoms with Crippen molar-refractivity contribution < 1.29 is 4.79 Å². The Morgan fingerprint density at radius 3 is 2.50 bits per heavy atom. The Hall–Kier alpha value is -0.610. The first-order valence-electron chi connectivity index (χ1n) is 7.25. The van der Waals surface area contributed by atoms with Gasteiger partial charge in [0.15, 0.2) is 0 Å². The molecule has 2 aliphatic rings. The third-order valence-electron chi connectivity index (χ3n) is 4.46. The second-order valence-corrected chi connectivity index (χ2v) is 6.54. The van der Waals surface area contributed by atoms with E-state index in [2.05, 4.69) is 18.7 Å². The lowest BCUT2D eigenvalue weighted by atomic mass is 9.80. The molecule has 2 aliphatic heterocycles. The summed E-state index contributed by atoms with van der Waals surface area (Å²) < 4.78 is 0. The van der Waals surface area contributed by atoms with Crippen molar-refractivity contribution in [3.8, 4) is 0 Å². The predicted molar refractivity (Wildman–Crippen MR) is 73.2 cm³/mol. The van der Waals surface area contributed by atoms with Crippen molar-refractivity contribution in [2.45, 2.75) is 45.6 Å². The third kappa shape index (κ3) is 3.23. The van der Waals surface area contributed by atoms with Gasteiger partial charge in [0.2, 0.25) is 5.91 Å². The van der Waals surface area contributed by atoms with Gasteiger partial charge in [0.05, 0.1) is 6.54 Å². The van der Waals surface area contributed by atoms with Gasteiger partial charge in [-0.3, -0.25) is 9.69 Å². The van der Waals surface area contributed by atoms with E-state index in [1.807, 2.05) is 4.90 Å². The molecule has 0 aromatic heterocycles. The van der Waals surface area contributed by atoms with Crippen LogP contribution in [0.4, 0.5) is 0 Å². The average molecular weight is 253 g/mol. The van der Waals surface area contributed by atoms with E-state index in [9.17, 15) is 4.79 Å². The molecular weight excluding hydrogens is 226 g/mol. The number of nitrogens with zero attached hydrogens (tertiary/aromatic N) is 2. The largest absolute Gasteiger partial charge is 0.342 e. The second-order valence-electron chi connectivity index (χ2n) is 6.54. The Labute approximate surface area is 110 Å². The van der Waals surface area contributed by atoms with Crippen molar-refractivity contribution in [1.82, 2.24) is 9.80 Å². The molecule has 0 bridgehead atoms. The maximum Gasteiger partial charge on any atom is 0.236 e. The van der Waals surface area contributed by atoms with Crippen LogP contribution < -0.4 is 5.73 Å². The maximum atomic E-state index is 12.2. The van der Waals surface area contributed by atoms with Gasteiger partial charge in [0, 0.05) is 32.2 Å². The molecule has 2 N–H and O–H groups in total. The average Bonchev–Trinajstić information content (AvgIpc) is 2.34. The summed E-state index contributed by atoms with van der Waals surface area (Å²) in [4.78, 5) is 16.5. The van der Waals surface area contributed by atoms with Crippen LogP contribution in [0.3, 0.4) is 0 Å². The molecule has 0 aromatic rings. The molecule has 0 saturated carbocycles. The summed E-state index contributed by atoms with van der Waals surface area (Å²) in [6.07, 6.45) is 4.61. The standard InChI is InChI=1S/C14H27N3O/c1-14(2)11-16(9-6-12(14)15)10-13(18)17-7-4-3-5-8-17/h12H,3-11,15H2,1-2H3. The summed E-state index contributed by atoms with van der Waals surface area (Å²) in [6, 6.07) is 0.263. The molecule has 1 unspecified atom stereocenters. The first-order chi connectivity index (χ1) is 8.49. The minimum Gasteiger partial charge on any atom is -0.342 e. The van der Waals surface area contributed by atoms with E-state index in [1.165, 1.54) is 19.3 Å². The van der Waals surface area contributed by atoms with Gasteiger partial charge in [-0.25, -0.2) is 0 Å². The Bertz CT molecular complexity index is 297. The number of likely N-dealkylation sites (tertiary alicyclic amines) is 2. The van der Waals surface area contributed by atoms with Crippen LogP contribution in [0, 0.1) is 5.41 Å². The molecule has 2 heterocycles. The van der Waals surface area contributed by atoms with Crippen LogP contribution in [0.25, 0.3) is 0 Å². The predicted octanol–water partition coefficient (Wildman–Crippen LogP) is 1.06. The van der Waals surface area contributed by atoms with Gasteiger partial charge in [-0.15, -0.1) is 0 Å². The highest BCUT2D eigenvalue weighted by molar-refractivity contribution is 5.78. The molecule has 2 rings (SSSR count). The van der Waals surface area contributed by atoms with Crippen molar-refractivity contribution >= 4 is 5.91 Å². The molecule has 1 amide bonds. The Morgan fingerprint density at radius 2 is 1.89 bits per heavy atom. The van der Waals surface area contributed by atoms with E-state index in [1.54, 1.807) is 0 Å². The molecule has 104 valence electrons. The van der Waals surface area contributed by atoms with Crippen molar-refractivity contribution in [1.29, 1.82) is 0 Å². The van der Waals surface area contributed by atoms with E-state index < -0.39 is 0 Å². The molecule has 2 saturated heterocycles. The number of rotatable bonds is 2. The summed E-state index contributed by atoms with van der Waals surface area (Å²) in [7, 11) is 0. The number of hydrogen-bond donors (Lipinski definition) is 1. The minimum atomic E-state index is 0.125. The highest BCUT2D eigenvalue weighted by Gasteiger charge is 2.34. The summed E-state index contributed by atoms with van der Waals surface area (Å²) >= 11 is 0. The van der Waals surface area contributed by atoms with Crippen molar-refractivity contribution in [3.63, 3.8) is 0 Å². The zero-order chi connectivity index (χ0) is 13.2. The number of carbonyl (C=O) groups is 1. The fourth-order valence-corrected chi connectivity index (χ4v) is 3.05. The number of piperidine rings is 2. The Balaban J connectivity index is 1.84. The number of nitrogens with two attached hydrogens (primary N) is 1. The molecule has 0 aliphatic carbocycles. The quantitative estimate of drug-likeness (QED) is 0.800. The van der Waals surface area contributed by atoms with Crippen LogP contribution in [0.5, 0.6) is 0 Å². The van der Waals surface area contributed by atoms with E-state index in [4.69, 9.17) is 5.73 Å². The van der Waals surface area contributed by atoms with Crippen LogP contribution in [0.1, 0.15) is 39.5 Å².